The molecule has 0 bridgehead atoms. The van der Waals surface area contributed by atoms with Gasteiger partial charge in [-0.25, -0.2) is 18.7 Å². The third kappa shape index (κ3) is 7.15. The molecule has 0 aliphatic carbocycles. The van der Waals surface area contributed by atoms with Crippen LogP contribution in [-0.4, -0.2) is 117 Å². The van der Waals surface area contributed by atoms with Crippen molar-refractivity contribution in [3.8, 4) is 22.9 Å². The van der Waals surface area contributed by atoms with Crippen LogP contribution in [0.15, 0.2) is 48.7 Å². The maximum absolute atomic E-state index is 14.9. The fourth-order valence-electron chi connectivity index (χ4n) is 8.46. The highest BCUT2D eigenvalue weighted by molar-refractivity contribution is 6.02. The number of halogens is 2. The lowest BCUT2D eigenvalue weighted by Gasteiger charge is -2.42. The Bertz CT molecular complexity index is 2200. The summed E-state index contributed by atoms with van der Waals surface area (Å²) in [5, 5.41) is 24.2. The number of alkyl halides is 1. The van der Waals surface area contributed by atoms with Crippen LogP contribution in [0.5, 0.6) is 11.6 Å². The smallest absolute Gasteiger partial charge is 0.255 e. The van der Waals surface area contributed by atoms with E-state index in [1.807, 2.05) is 36.9 Å². The number of carbonyl (C=O) groups is 3. The van der Waals surface area contributed by atoms with Gasteiger partial charge in [-0.15, -0.1) is 10.2 Å². The molecule has 2 saturated heterocycles. The van der Waals surface area contributed by atoms with E-state index in [1.54, 1.807) is 23.2 Å². The topological polar surface area (TPSA) is 169 Å². The van der Waals surface area contributed by atoms with Gasteiger partial charge >= 0.3 is 0 Å². The second-order valence-corrected chi connectivity index (χ2v) is 15.1. The first-order valence-electron chi connectivity index (χ1n) is 19.2. The number of benzene rings is 2. The van der Waals surface area contributed by atoms with Gasteiger partial charge in [0.1, 0.15) is 18.8 Å². The highest BCUT2D eigenvalue weighted by Gasteiger charge is 2.50. The molecule has 15 nitrogen and oxygen atoms in total. The summed E-state index contributed by atoms with van der Waals surface area (Å²) in [5.41, 5.74) is 3.95. The molecule has 3 N–H and O–H groups in total. The normalized spacial score (nSPS) is 20.7. The highest BCUT2D eigenvalue weighted by atomic mass is 19.1. The lowest BCUT2D eigenvalue weighted by Crippen LogP contribution is -2.54. The summed E-state index contributed by atoms with van der Waals surface area (Å²) < 4.78 is 35.4. The summed E-state index contributed by atoms with van der Waals surface area (Å²) in [5.74, 6) is -1.12. The van der Waals surface area contributed by atoms with Crippen LogP contribution in [0.25, 0.3) is 11.3 Å². The minimum Gasteiger partial charge on any atom is -0.504 e. The third-order valence-corrected chi connectivity index (χ3v) is 11.4. The van der Waals surface area contributed by atoms with E-state index in [4.69, 9.17) is 9.72 Å². The zero-order valence-corrected chi connectivity index (χ0v) is 31.7. The number of aryl methyl sites for hydroxylation is 1. The summed E-state index contributed by atoms with van der Waals surface area (Å²) >= 11 is 0. The minimum atomic E-state index is -0.908. The van der Waals surface area contributed by atoms with E-state index in [9.17, 15) is 28.3 Å². The van der Waals surface area contributed by atoms with Crippen LogP contribution in [0.4, 0.5) is 26.0 Å². The Morgan fingerprint density at radius 2 is 1.98 bits per heavy atom. The maximum Gasteiger partial charge on any atom is 0.255 e. The first kappa shape index (κ1) is 37.9. The second kappa shape index (κ2) is 15.5. The van der Waals surface area contributed by atoms with Crippen molar-refractivity contribution in [2.75, 3.05) is 61.1 Å². The molecule has 3 atom stereocenters. The van der Waals surface area contributed by atoms with Crippen LogP contribution < -0.4 is 25.2 Å². The van der Waals surface area contributed by atoms with Crippen molar-refractivity contribution in [1.82, 2.24) is 35.3 Å². The van der Waals surface area contributed by atoms with Gasteiger partial charge in [-0.2, -0.15) is 0 Å². The number of para-hydroxylation sites is 1. The quantitative estimate of drug-likeness (QED) is 0.179. The molecule has 0 saturated carbocycles. The van der Waals surface area contributed by atoms with E-state index in [1.165, 1.54) is 6.07 Å². The number of amides is 3. The van der Waals surface area contributed by atoms with E-state index < -0.39 is 41.8 Å². The average Bonchev–Trinajstić information content (AvgIpc) is 3.76. The number of aromatic nitrogens is 4. The summed E-state index contributed by atoms with van der Waals surface area (Å²) in [4.78, 5) is 54.4. The van der Waals surface area contributed by atoms with Crippen molar-refractivity contribution >= 4 is 35.4 Å². The molecular weight excluding hydrogens is 739 g/mol. The van der Waals surface area contributed by atoms with Crippen molar-refractivity contribution in [2.45, 2.75) is 63.9 Å². The van der Waals surface area contributed by atoms with Crippen LogP contribution in [0.3, 0.4) is 0 Å². The van der Waals surface area contributed by atoms with Crippen LogP contribution in [0.2, 0.25) is 0 Å². The number of hydrogen-bond acceptors (Lipinski definition) is 13. The van der Waals surface area contributed by atoms with Gasteiger partial charge in [0.05, 0.1) is 41.0 Å². The molecule has 2 aromatic carbocycles. The molecule has 17 heteroatoms. The zero-order chi connectivity index (χ0) is 39.8. The Morgan fingerprint density at radius 1 is 1.16 bits per heavy atom. The number of phenolic OH excluding ortho intramolecular Hbond substituents is 1. The number of phenols is 1. The number of fused-ring (bicyclic) bond motifs is 4. The molecule has 0 spiro atoms. The Kier molecular flexibility index (Phi) is 10.3. The molecule has 8 rings (SSSR count). The van der Waals surface area contributed by atoms with Gasteiger partial charge in [-0.05, 0) is 49.2 Å². The van der Waals surface area contributed by atoms with Gasteiger partial charge in [-0.1, -0.05) is 25.5 Å². The summed E-state index contributed by atoms with van der Waals surface area (Å²) in [6.45, 7) is 7.72. The minimum absolute atomic E-state index is 0.189. The molecule has 57 heavy (non-hydrogen) atoms. The summed E-state index contributed by atoms with van der Waals surface area (Å²) in [6.07, 6.45) is 3.20. The number of carbonyl (C=O) groups excluding carboxylic acids is 3. The van der Waals surface area contributed by atoms with E-state index in [-0.39, 0.29) is 17.2 Å². The SMILES string of the molecule is CCC[C@@H](C(=O)NC=O)N1Cc2ccc(N3CCN(Cc4cnc(O[C@H]5CN6c7cc(-c8cccc(F)c8O)nnc7NC[C@@]6(CF)C5)c(C)n4)CC3)cc2C1=O. The van der Waals surface area contributed by atoms with Crippen LogP contribution in [0.1, 0.15) is 53.5 Å². The standard InChI is InChI=1S/C40H44F2N10O5/c1-3-5-33(37(55)45-23-53)51-18-25-8-9-27(14-30(25)39(51)56)50-12-10-49(11-13-50)19-26-17-43-38(24(2)46-26)57-28-16-40(21-41)22-44-36-34(52(40)20-28)15-32(47-48-36)29-6-4-7-31(42)35(29)54/h4,6-9,14-15,17,23,28,33,54H,3,5,10-13,16,18-22H2,1-2H3,(H,44,48)(H,45,53,55)/t28-,33+,40+/m1/s1. The number of nitrogens with one attached hydrogen (secondary N) is 2. The average molecular weight is 783 g/mol. The van der Waals surface area contributed by atoms with Gasteiger partial charge in [0.25, 0.3) is 5.91 Å². The highest BCUT2D eigenvalue weighted by Crippen LogP contribution is 2.44. The van der Waals surface area contributed by atoms with Crippen LogP contribution in [-0.2, 0) is 22.7 Å². The molecule has 2 aromatic heterocycles. The summed E-state index contributed by atoms with van der Waals surface area (Å²) in [6, 6.07) is 11.0. The van der Waals surface area contributed by atoms with Gasteiger partial charge in [0, 0.05) is 69.0 Å². The number of piperazine rings is 1. The second-order valence-electron chi connectivity index (χ2n) is 15.1. The fraction of sp³-hybridized carbons (Fsp3) is 0.425. The Labute approximate surface area is 328 Å². The van der Waals surface area contributed by atoms with Crippen molar-refractivity contribution in [2.24, 2.45) is 0 Å². The first-order chi connectivity index (χ1) is 27.6. The summed E-state index contributed by atoms with van der Waals surface area (Å²) in [7, 11) is 0. The molecule has 0 radical (unpaired) electrons. The van der Waals surface area contributed by atoms with E-state index >= 15 is 0 Å². The van der Waals surface area contributed by atoms with E-state index in [2.05, 4.69) is 35.6 Å². The third-order valence-electron chi connectivity index (χ3n) is 11.4. The molecule has 4 aliphatic rings. The first-order valence-corrected chi connectivity index (χ1v) is 19.2. The number of aromatic hydroxyl groups is 1. The molecule has 4 aliphatic heterocycles. The molecule has 0 unspecified atom stereocenters. The van der Waals surface area contributed by atoms with Crippen molar-refractivity contribution in [3.63, 3.8) is 0 Å². The number of imide groups is 1. The molecule has 3 amide bonds. The molecule has 2 fully saturated rings. The van der Waals surface area contributed by atoms with Gasteiger partial charge in [-0.3, -0.25) is 24.6 Å². The fourth-order valence-corrected chi connectivity index (χ4v) is 8.46. The lowest BCUT2D eigenvalue weighted by atomic mass is 9.94. The van der Waals surface area contributed by atoms with Gasteiger partial charge in [0.2, 0.25) is 18.2 Å². The van der Waals surface area contributed by atoms with Crippen molar-refractivity contribution in [1.29, 1.82) is 0 Å². The van der Waals surface area contributed by atoms with E-state index in [0.29, 0.717) is 80.5 Å². The number of rotatable bonds is 12. The monoisotopic (exact) mass is 782 g/mol. The van der Waals surface area contributed by atoms with E-state index in [0.717, 1.165) is 49.2 Å². The molecule has 298 valence electrons. The predicted octanol–water partition coefficient (Wildman–Crippen LogP) is 3.60. The number of anilines is 3. The Hall–Kier alpha value is -5.97. The largest absolute Gasteiger partial charge is 0.504 e. The zero-order valence-electron chi connectivity index (χ0n) is 31.7. The van der Waals surface area contributed by atoms with Crippen LogP contribution in [0, 0.1) is 12.7 Å². The number of hydrogen-bond donors (Lipinski definition) is 3. The molecule has 4 aromatic rings. The van der Waals surface area contributed by atoms with Crippen molar-refractivity contribution < 1.29 is 33.0 Å². The van der Waals surface area contributed by atoms with Gasteiger partial charge < -0.3 is 29.9 Å². The Morgan fingerprint density at radius 3 is 2.74 bits per heavy atom. The maximum atomic E-state index is 14.9. The van der Waals surface area contributed by atoms with Crippen molar-refractivity contribution in [3.05, 3.63) is 77.0 Å². The predicted molar refractivity (Wildman–Crippen MR) is 206 cm³/mol. The Balaban J connectivity index is 0.883. The molecular formula is C40H44F2N10O5. The van der Waals surface area contributed by atoms with Gasteiger partial charge in [0.15, 0.2) is 17.4 Å². The van der Waals surface area contributed by atoms with Crippen LogP contribution >= 0.6 is 0 Å². The number of ether oxygens (including phenoxy) is 1. The molecule has 6 heterocycles. The number of nitrogens with zero attached hydrogens (tertiary/aromatic N) is 8. The lowest BCUT2D eigenvalue weighted by molar-refractivity contribution is -0.129.